The Morgan fingerprint density at radius 3 is 2.50 bits per heavy atom. The number of rotatable bonds is 6. The molecule has 3 N–H and O–H groups in total. The van der Waals surface area contributed by atoms with E-state index in [0.717, 1.165) is 26.3 Å². The van der Waals surface area contributed by atoms with Crippen molar-refractivity contribution in [3.05, 3.63) is 22.7 Å². The lowest BCUT2D eigenvalue weighted by atomic mass is 10.0. The van der Waals surface area contributed by atoms with Crippen molar-refractivity contribution in [2.45, 2.75) is 19.9 Å². The Labute approximate surface area is 172 Å². The first kappa shape index (κ1) is 25.1. The highest BCUT2D eigenvalue weighted by molar-refractivity contribution is 6.33. The number of nitrogens with two attached hydrogens (primary N) is 1. The Balaban J connectivity index is 0.00000312. The zero-order chi connectivity index (χ0) is 17.7. The number of carbonyl (C=O) groups is 1. The quantitative estimate of drug-likeness (QED) is 0.681. The summed E-state index contributed by atoms with van der Waals surface area (Å²) < 4.78 is 10.7. The van der Waals surface area contributed by atoms with E-state index in [-0.39, 0.29) is 36.8 Å². The van der Waals surface area contributed by atoms with Gasteiger partial charge < -0.3 is 20.5 Å². The van der Waals surface area contributed by atoms with Crippen molar-refractivity contribution in [3.8, 4) is 5.75 Å². The van der Waals surface area contributed by atoms with E-state index in [1.807, 2.05) is 0 Å². The summed E-state index contributed by atoms with van der Waals surface area (Å²) in [6.45, 7) is 8.12. The molecule has 0 radical (unpaired) electrons. The van der Waals surface area contributed by atoms with E-state index in [4.69, 9.17) is 26.8 Å². The number of benzene rings is 1. The Hall–Kier alpha value is -0.920. The Morgan fingerprint density at radius 1 is 1.35 bits per heavy atom. The maximum Gasteiger partial charge on any atom is 0.255 e. The molecule has 1 unspecified atom stereocenters. The van der Waals surface area contributed by atoms with Crippen molar-refractivity contribution in [3.63, 3.8) is 0 Å². The molecule has 150 valence electrons. The molecule has 1 aliphatic heterocycles. The minimum absolute atomic E-state index is 0. The van der Waals surface area contributed by atoms with Gasteiger partial charge in [0, 0.05) is 31.7 Å². The first-order chi connectivity index (χ1) is 11.4. The third kappa shape index (κ3) is 6.35. The number of carbonyl (C=O) groups excluding carboxylic acids is 1. The van der Waals surface area contributed by atoms with Gasteiger partial charge in [0.1, 0.15) is 5.75 Å². The summed E-state index contributed by atoms with van der Waals surface area (Å²) in [7, 11) is 1.50. The summed E-state index contributed by atoms with van der Waals surface area (Å²) in [6, 6.07) is 3.37. The number of ether oxygens (including phenoxy) is 2. The van der Waals surface area contributed by atoms with Gasteiger partial charge in [-0.1, -0.05) is 25.4 Å². The van der Waals surface area contributed by atoms with Gasteiger partial charge in [0.05, 0.1) is 36.6 Å². The fourth-order valence-corrected chi connectivity index (χ4v) is 3.07. The summed E-state index contributed by atoms with van der Waals surface area (Å²) in [6.07, 6.45) is 0. The lowest BCUT2D eigenvalue weighted by Crippen LogP contribution is -2.51. The molecular weight excluding hydrogens is 401 g/mol. The van der Waals surface area contributed by atoms with E-state index in [1.165, 1.54) is 7.11 Å². The number of nitrogens with zero attached hydrogens (tertiary/aromatic N) is 1. The molecule has 1 saturated heterocycles. The normalized spacial score (nSPS) is 15.6. The molecule has 1 fully saturated rings. The zero-order valence-electron chi connectivity index (χ0n) is 15.3. The molecular formula is C17H28Cl3N3O3. The number of nitrogens with one attached hydrogen (secondary N) is 1. The monoisotopic (exact) mass is 427 g/mol. The van der Waals surface area contributed by atoms with Crippen LogP contribution >= 0.6 is 36.4 Å². The number of hydrogen-bond donors (Lipinski definition) is 2. The van der Waals surface area contributed by atoms with Crippen molar-refractivity contribution in [2.75, 3.05) is 45.7 Å². The molecule has 0 aliphatic carbocycles. The number of anilines is 1. The van der Waals surface area contributed by atoms with Crippen LogP contribution in [0, 0.1) is 5.92 Å². The molecule has 26 heavy (non-hydrogen) atoms. The van der Waals surface area contributed by atoms with Crippen LogP contribution in [0.5, 0.6) is 5.75 Å². The first-order valence-corrected chi connectivity index (χ1v) is 8.54. The van der Waals surface area contributed by atoms with Crippen LogP contribution < -0.4 is 15.8 Å². The second-order valence-electron chi connectivity index (χ2n) is 6.24. The van der Waals surface area contributed by atoms with Crippen molar-refractivity contribution in [2.24, 2.45) is 5.92 Å². The third-order valence-electron chi connectivity index (χ3n) is 4.32. The number of morpholine rings is 1. The predicted octanol–water partition coefficient (Wildman–Crippen LogP) is 2.86. The molecule has 0 aromatic heterocycles. The molecule has 1 aromatic carbocycles. The minimum Gasteiger partial charge on any atom is -0.496 e. The molecule has 1 atom stereocenters. The highest BCUT2D eigenvalue weighted by Gasteiger charge is 2.25. The second-order valence-corrected chi connectivity index (χ2v) is 6.65. The molecule has 1 heterocycles. The van der Waals surface area contributed by atoms with Crippen LogP contribution in [0.1, 0.15) is 24.2 Å². The lowest BCUT2D eigenvalue weighted by Gasteiger charge is -2.37. The number of halogens is 3. The van der Waals surface area contributed by atoms with Crippen LogP contribution in [0.15, 0.2) is 12.1 Å². The molecule has 0 spiro atoms. The maximum absolute atomic E-state index is 12.6. The van der Waals surface area contributed by atoms with Crippen LogP contribution in [0.4, 0.5) is 5.69 Å². The van der Waals surface area contributed by atoms with Crippen LogP contribution in [0.3, 0.4) is 0 Å². The molecule has 0 saturated carbocycles. The smallest absolute Gasteiger partial charge is 0.255 e. The predicted molar refractivity (Wildman–Crippen MR) is 110 cm³/mol. The molecule has 0 bridgehead atoms. The largest absolute Gasteiger partial charge is 0.496 e. The third-order valence-corrected chi connectivity index (χ3v) is 4.65. The lowest BCUT2D eigenvalue weighted by molar-refractivity contribution is 0.00672. The maximum atomic E-state index is 12.6. The molecule has 9 heteroatoms. The summed E-state index contributed by atoms with van der Waals surface area (Å²) in [5, 5.41) is 3.34. The van der Waals surface area contributed by atoms with Crippen molar-refractivity contribution < 1.29 is 14.3 Å². The topological polar surface area (TPSA) is 76.8 Å². The number of amides is 1. The van der Waals surface area contributed by atoms with Gasteiger partial charge in [0.2, 0.25) is 0 Å². The van der Waals surface area contributed by atoms with Crippen molar-refractivity contribution in [1.29, 1.82) is 0 Å². The number of methoxy groups -OCH3 is 1. The summed E-state index contributed by atoms with van der Waals surface area (Å²) >= 11 is 6.04. The first-order valence-electron chi connectivity index (χ1n) is 8.17. The summed E-state index contributed by atoms with van der Waals surface area (Å²) in [4.78, 5) is 14.9. The van der Waals surface area contributed by atoms with Crippen LogP contribution in [0.2, 0.25) is 5.02 Å². The SMILES string of the molecule is COc1cc(N)c(Cl)cc1C(=O)NCC(C(C)C)N1CCOCC1.Cl.Cl. The van der Waals surface area contributed by atoms with E-state index in [0.29, 0.717) is 34.5 Å². The van der Waals surface area contributed by atoms with Crippen LogP contribution in [-0.2, 0) is 4.74 Å². The van der Waals surface area contributed by atoms with Gasteiger partial charge in [-0.05, 0) is 12.0 Å². The molecule has 1 aromatic rings. The second kappa shape index (κ2) is 11.7. The molecule has 2 rings (SSSR count). The van der Waals surface area contributed by atoms with Gasteiger partial charge in [0.15, 0.2) is 0 Å². The number of nitrogen functional groups attached to an aromatic ring is 1. The van der Waals surface area contributed by atoms with Crippen molar-refractivity contribution in [1.82, 2.24) is 10.2 Å². The molecule has 1 amide bonds. The van der Waals surface area contributed by atoms with Crippen molar-refractivity contribution >= 4 is 48.0 Å². The van der Waals surface area contributed by atoms with Gasteiger partial charge in [0.25, 0.3) is 5.91 Å². The van der Waals surface area contributed by atoms with Gasteiger partial charge in [-0.2, -0.15) is 0 Å². The average Bonchev–Trinajstić information content (AvgIpc) is 2.57. The fourth-order valence-electron chi connectivity index (χ4n) is 2.90. The van der Waals surface area contributed by atoms with Crippen LogP contribution in [-0.4, -0.2) is 56.8 Å². The van der Waals surface area contributed by atoms with E-state index < -0.39 is 0 Å². The fraction of sp³-hybridized carbons (Fsp3) is 0.588. The van der Waals surface area contributed by atoms with Gasteiger partial charge in [-0.15, -0.1) is 24.8 Å². The summed E-state index contributed by atoms with van der Waals surface area (Å²) in [5.41, 5.74) is 6.54. The summed E-state index contributed by atoms with van der Waals surface area (Å²) in [5.74, 6) is 0.620. The minimum atomic E-state index is -0.215. The van der Waals surface area contributed by atoms with E-state index in [9.17, 15) is 4.79 Å². The van der Waals surface area contributed by atoms with E-state index in [2.05, 4.69) is 24.1 Å². The molecule has 6 nitrogen and oxygen atoms in total. The van der Waals surface area contributed by atoms with Crippen LogP contribution in [0.25, 0.3) is 0 Å². The standard InChI is InChI=1S/C17H26ClN3O3.2ClH/c1-11(2)15(21-4-6-24-7-5-21)10-20-17(22)12-8-13(18)14(19)9-16(12)23-3;;/h8-9,11,15H,4-7,10,19H2,1-3H3,(H,20,22);2*1H. The Morgan fingerprint density at radius 2 is 1.96 bits per heavy atom. The Bertz CT molecular complexity index is 582. The highest BCUT2D eigenvalue weighted by atomic mass is 35.5. The Kier molecular flexibility index (Phi) is 11.3. The average molecular weight is 429 g/mol. The van der Waals surface area contributed by atoms with E-state index in [1.54, 1.807) is 12.1 Å². The van der Waals surface area contributed by atoms with Gasteiger partial charge in [-0.25, -0.2) is 0 Å². The zero-order valence-corrected chi connectivity index (χ0v) is 17.7. The molecule has 1 aliphatic rings. The van der Waals surface area contributed by atoms with Gasteiger partial charge in [-0.3, -0.25) is 9.69 Å². The number of hydrogen-bond acceptors (Lipinski definition) is 5. The highest BCUT2D eigenvalue weighted by Crippen LogP contribution is 2.28. The van der Waals surface area contributed by atoms with Gasteiger partial charge >= 0.3 is 0 Å². The van der Waals surface area contributed by atoms with E-state index >= 15 is 0 Å².